The van der Waals surface area contributed by atoms with Gasteiger partial charge in [-0.2, -0.15) is 0 Å². The number of hydrogen-bond donors (Lipinski definition) is 0. The molecule has 1 aliphatic heterocycles. The molecule has 0 amide bonds. The van der Waals surface area contributed by atoms with Crippen LogP contribution in [0.15, 0.2) is 36.5 Å². The summed E-state index contributed by atoms with van der Waals surface area (Å²) in [5, 5.41) is 0. The van der Waals surface area contributed by atoms with Gasteiger partial charge < -0.3 is 14.2 Å². The van der Waals surface area contributed by atoms with Gasteiger partial charge in [-0.1, -0.05) is 36.3 Å². The first kappa shape index (κ1) is 17.2. The second-order valence-electron chi connectivity index (χ2n) is 4.52. The van der Waals surface area contributed by atoms with E-state index in [0.717, 1.165) is 25.9 Å². The molecule has 4 heteroatoms. The van der Waals surface area contributed by atoms with Crippen LogP contribution in [-0.4, -0.2) is 32.1 Å². The lowest BCUT2D eigenvalue weighted by Crippen LogP contribution is -2.26. The highest BCUT2D eigenvalue weighted by molar-refractivity contribution is 5.82. The minimum Gasteiger partial charge on any atom is -0.466 e. The summed E-state index contributed by atoms with van der Waals surface area (Å²) in [6.07, 6.45) is 19.0. The number of methoxy groups -OCH3 is 1. The normalized spacial score (nSPS) is 20.9. The summed E-state index contributed by atoms with van der Waals surface area (Å²) in [7, 11) is 1.34. The summed E-state index contributed by atoms with van der Waals surface area (Å²) in [5.74, 6) is 2.24. The maximum Gasteiger partial charge on any atom is 0.330 e. The van der Waals surface area contributed by atoms with Gasteiger partial charge in [0.1, 0.15) is 6.10 Å². The van der Waals surface area contributed by atoms with Crippen LogP contribution in [0.5, 0.6) is 0 Å². The van der Waals surface area contributed by atoms with Gasteiger partial charge in [0.2, 0.25) is 0 Å². The molecule has 1 saturated heterocycles. The lowest BCUT2D eigenvalue weighted by molar-refractivity contribution is -0.175. The van der Waals surface area contributed by atoms with Crippen LogP contribution in [-0.2, 0) is 19.0 Å². The molecular formula is C17H22O4. The molecule has 0 saturated carbocycles. The highest BCUT2D eigenvalue weighted by atomic mass is 16.7. The van der Waals surface area contributed by atoms with Crippen molar-refractivity contribution >= 4 is 5.97 Å². The number of allylic oxidation sites excluding steroid dienone is 4. The molecule has 0 radical (unpaired) electrons. The smallest absolute Gasteiger partial charge is 0.330 e. The highest BCUT2D eigenvalue weighted by Crippen LogP contribution is 2.16. The maximum absolute atomic E-state index is 10.8. The number of carbonyl (C=O) groups is 1. The quantitative estimate of drug-likeness (QED) is 0.313. The Kier molecular flexibility index (Phi) is 8.94. The second kappa shape index (κ2) is 10.9. The molecule has 2 atom stereocenters. The van der Waals surface area contributed by atoms with Crippen LogP contribution in [0.4, 0.5) is 0 Å². The van der Waals surface area contributed by atoms with E-state index in [1.165, 1.54) is 13.2 Å². The van der Waals surface area contributed by atoms with Gasteiger partial charge in [0.25, 0.3) is 0 Å². The predicted molar refractivity (Wildman–Crippen MR) is 81.4 cm³/mol. The lowest BCUT2D eigenvalue weighted by atomic mass is 10.2. The third-order valence-corrected chi connectivity index (χ3v) is 2.89. The number of ether oxygens (including phenoxy) is 3. The van der Waals surface area contributed by atoms with Crippen molar-refractivity contribution in [1.29, 1.82) is 0 Å². The largest absolute Gasteiger partial charge is 0.466 e. The van der Waals surface area contributed by atoms with E-state index in [4.69, 9.17) is 15.9 Å². The van der Waals surface area contributed by atoms with E-state index in [1.54, 1.807) is 12.2 Å². The Morgan fingerprint density at radius 2 is 2.19 bits per heavy atom. The Morgan fingerprint density at radius 1 is 1.38 bits per heavy atom. The molecule has 1 unspecified atom stereocenters. The molecule has 1 fully saturated rings. The number of carbonyl (C=O) groups excluding carboxylic acids is 1. The maximum atomic E-state index is 10.8. The average molecular weight is 290 g/mol. The summed E-state index contributed by atoms with van der Waals surface area (Å²) in [6.45, 7) is 0.743. The van der Waals surface area contributed by atoms with Crippen molar-refractivity contribution in [3.8, 4) is 12.3 Å². The average Bonchev–Trinajstić information content (AvgIpc) is 2.53. The summed E-state index contributed by atoms with van der Waals surface area (Å²) >= 11 is 0. The van der Waals surface area contributed by atoms with Crippen molar-refractivity contribution in [2.75, 3.05) is 13.7 Å². The number of terminal acetylenes is 1. The van der Waals surface area contributed by atoms with Crippen molar-refractivity contribution in [2.24, 2.45) is 0 Å². The first-order valence-electron chi connectivity index (χ1n) is 7.07. The van der Waals surface area contributed by atoms with Gasteiger partial charge in [0.05, 0.1) is 7.11 Å². The Morgan fingerprint density at radius 3 is 2.86 bits per heavy atom. The standard InChI is InChI=1S/C17H22O4/c1-3-15(21-17-13-9-10-14-20-17)11-7-5-4-6-8-12-16(18)19-2/h1,4-8,12,15,17H,9-11,13-14H2,2H3/b6-4+,7-5+,12-8+/t15-,17?/m1/s1. The van der Waals surface area contributed by atoms with Crippen LogP contribution >= 0.6 is 0 Å². The van der Waals surface area contributed by atoms with E-state index in [-0.39, 0.29) is 18.4 Å². The molecule has 1 heterocycles. The topological polar surface area (TPSA) is 44.8 Å². The molecule has 0 aromatic heterocycles. The van der Waals surface area contributed by atoms with E-state index in [0.29, 0.717) is 6.42 Å². The zero-order valence-corrected chi connectivity index (χ0v) is 12.4. The number of rotatable bonds is 7. The SMILES string of the molecule is C#C[C@H](C/C=C/C=C/C=C/C(=O)OC)OC1CCCCO1. The molecule has 0 aromatic rings. The first-order valence-corrected chi connectivity index (χ1v) is 7.07. The van der Waals surface area contributed by atoms with E-state index >= 15 is 0 Å². The molecule has 0 aromatic carbocycles. The van der Waals surface area contributed by atoms with Crippen LogP contribution in [0.1, 0.15) is 25.7 Å². The van der Waals surface area contributed by atoms with Crippen molar-refractivity contribution < 1.29 is 19.0 Å². The van der Waals surface area contributed by atoms with Crippen LogP contribution in [0.3, 0.4) is 0 Å². The molecule has 0 spiro atoms. The van der Waals surface area contributed by atoms with Crippen LogP contribution < -0.4 is 0 Å². The van der Waals surface area contributed by atoms with Gasteiger partial charge in [-0.25, -0.2) is 4.79 Å². The monoisotopic (exact) mass is 290 g/mol. The number of hydrogen-bond acceptors (Lipinski definition) is 4. The Bertz CT molecular complexity index is 423. The molecule has 1 rings (SSSR count). The van der Waals surface area contributed by atoms with E-state index in [2.05, 4.69) is 10.7 Å². The fourth-order valence-electron chi connectivity index (χ4n) is 1.78. The predicted octanol–water partition coefficient (Wildman–Crippen LogP) is 2.76. The van der Waals surface area contributed by atoms with Crippen LogP contribution in [0.25, 0.3) is 0 Å². The zero-order valence-electron chi connectivity index (χ0n) is 12.4. The summed E-state index contributed by atoms with van der Waals surface area (Å²) in [6, 6.07) is 0. The molecule has 4 nitrogen and oxygen atoms in total. The molecule has 0 bridgehead atoms. The lowest BCUT2D eigenvalue weighted by Gasteiger charge is -2.25. The fraction of sp³-hybridized carbons (Fsp3) is 0.471. The minimum absolute atomic E-state index is 0.174. The molecule has 0 N–H and O–H groups in total. The third kappa shape index (κ3) is 8.13. The molecule has 0 aliphatic carbocycles. The van der Waals surface area contributed by atoms with Crippen LogP contribution in [0, 0.1) is 12.3 Å². The van der Waals surface area contributed by atoms with Gasteiger partial charge in [-0.05, 0) is 19.3 Å². The molecular weight excluding hydrogens is 268 g/mol. The van der Waals surface area contributed by atoms with E-state index in [1.807, 2.05) is 18.2 Å². The van der Waals surface area contributed by atoms with Gasteiger partial charge in [-0.15, -0.1) is 6.42 Å². The number of esters is 1. The highest BCUT2D eigenvalue weighted by Gasteiger charge is 2.17. The molecule has 114 valence electrons. The molecule has 21 heavy (non-hydrogen) atoms. The first-order chi connectivity index (χ1) is 10.3. The summed E-state index contributed by atoms with van der Waals surface area (Å²) in [4.78, 5) is 10.8. The van der Waals surface area contributed by atoms with Gasteiger partial charge in [0.15, 0.2) is 6.29 Å². The second-order valence-corrected chi connectivity index (χ2v) is 4.52. The Hall–Kier alpha value is -1.83. The van der Waals surface area contributed by atoms with E-state index < -0.39 is 0 Å². The molecule has 1 aliphatic rings. The summed E-state index contributed by atoms with van der Waals surface area (Å²) in [5.41, 5.74) is 0. The third-order valence-electron chi connectivity index (χ3n) is 2.89. The van der Waals surface area contributed by atoms with Crippen molar-refractivity contribution in [3.05, 3.63) is 36.5 Å². The minimum atomic E-state index is -0.378. The van der Waals surface area contributed by atoms with Crippen molar-refractivity contribution in [2.45, 2.75) is 38.1 Å². The fourth-order valence-corrected chi connectivity index (χ4v) is 1.78. The van der Waals surface area contributed by atoms with E-state index in [9.17, 15) is 4.79 Å². The Balaban J connectivity index is 2.26. The van der Waals surface area contributed by atoms with Gasteiger partial charge >= 0.3 is 5.97 Å². The Labute approximate surface area is 126 Å². The summed E-state index contributed by atoms with van der Waals surface area (Å²) < 4.78 is 15.7. The van der Waals surface area contributed by atoms with Crippen LogP contribution in [0.2, 0.25) is 0 Å². The zero-order chi connectivity index (χ0) is 15.3. The van der Waals surface area contributed by atoms with Crippen molar-refractivity contribution in [3.63, 3.8) is 0 Å². The van der Waals surface area contributed by atoms with Gasteiger partial charge in [-0.3, -0.25) is 0 Å². The van der Waals surface area contributed by atoms with Gasteiger partial charge in [0, 0.05) is 19.1 Å². The van der Waals surface area contributed by atoms with Crippen molar-refractivity contribution in [1.82, 2.24) is 0 Å².